The van der Waals surface area contributed by atoms with Gasteiger partial charge >= 0.3 is 0 Å². The van der Waals surface area contributed by atoms with Crippen LogP contribution in [0.2, 0.25) is 4.34 Å². The molecule has 1 aromatic heterocycles. The molecule has 0 saturated carbocycles. The molecular formula is C19H20ClN3O2S. The average Bonchev–Trinajstić information content (AvgIpc) is 3.29. The molecule has 0 saturated heterocycles. The molecule has 7 heteroatoms. The van der Waals surface area contributed by atoms with Crippen molar-refractivity contribution in [2.24, 2.45) is 5.10 Å². The summed E-state index contributed by atoms with van der Waals surface area (Å²) in [5.74, 6) is -0.175. The second-order valence-corrected chi connectivity index (χ2v) is 7.93. The normalized spacial score (nSPS) is 13.6. The summed E-state index contributed by atoms with van der Waals surface area (Å²) in [6.07, 6.45) is 1.09. The van der Waals surface area contributed by atoms with Gasteiger partial charge in [-0.15, -0.1) is 11.3 Å². The first-order valence-electron chi connectivity index (χ1n) is 8.44. The number of amides is 2. The summed E-state index contributed by atoms with van der Waals surface area (Å²) >= 11 is 7.36. The minimum Gasteiger partial charge on any atom is -0.341 e. The summed E-state index contributed by atoms with van der Waals surface area (Å²) in [6.45, 7) is 1.07. The van der Waals surface area contributed by atoms with E-state index in [1.54, 1.807) is 11.9 Å². The van der Waals surface area contributed by atoms with Gasteiger partial charge in [0.25, 0.3) is 0 Å². The van der Waals surface area contributed by atoms with Crippen LogP contribution in [0.1, 0.15) is 29.7 Å². The lowest BCUT2D eigenvalue weighted by Crippen LogP contribution is -2.29. The van der Waals surface area contributed by atoms with Crippen LogP contribution in [-0.4, -0.2) is 41.0 Å². The maximum Gasteiger partial charge on any atom is 0.243 e. The van der Waals surface area contributed by atoms with Crippen LogP contribution in [-0.2, 0) is 16.1 Å². The molecule has 26 heavy (non-hydrogen) atoms. The molecule has 0 radical (unpaired) electrons. The third kappa shape index (κ3) is 4.71. The topological polar surface area (TPSA) is 53.0 Å². The highest BCUT2D eigenvalue weighted by Gasteiger charge is 2.22. The van der Waals surface area contributed by atoms with Gasteiger partial charge in [0.1, 0.15) is 0 Å². The molecule has 2 heterocycles. The molecule has 136 valence electrons. The SMILES string of the molecule is CN(Cc1ccc(Cl)s1)C(=O)CCC(=O)N1CCC(c2ccccc2)=N1. The Morgan fingerprint density at radius 2 is 1.96 bits per heavy atom. The summed E-state index contributed by atoms with van der Waals surface area (Å²) in [4.78, 5) is 27.2. The van der Waals surface area contributed by atoms with Crippen LogP contribution in [0.3, 0.4) is 0 Å². The lowest BCUT2D eigenvalue weighted by molar-refractivity contribution is -0.136. The summed E-state index contributed by atoms with van der Waals surface area (Å²) in [7, 11) is 1.74. The Balaban J connectivity index is 1.49. The highest BCUT2D eigenvalue weighted by atomic mass is 35.5. The van der Waals surface area contributed by atoms with Crippen LogP contribution >= 0.6 is 22.9 Å². The lowest BCUT2D eigenvalue weighted by atomic mass is 10.1. The first-order chi connectivity index (χ1) is 12.5. The second kappa shape index (κ2) is 8.47. The van der Waals surface area contributed by atoms with Gasteiger partial charge in [0.05, 0.1) is 23.1 Å². The summed E-state index contributed by atoms with van der Waals surface area (Å²) < 4.78 is 0.706. The van der Waals surface area contributed by atoms with E-state index < -0.39 is 0 Å². The zero-order valence-electron chi connectivity index (χ0n) is 14.5. The Morgan fingerprint density at radius 3 is 2.65 bits per heavy atom. The molecule has 0 unspecified atom stereocenters. The number of thiophene rings is 1. The Kier molecular flexibility index (Phi) is 6.06. The second-order valence-electron chi connectivity index (χ2n) is 6.14. The largest absolute Gasteiger partial charge is 0.341 e. The number of halogens is 1. The molecule has 5 nitrogen and oxygen atoms in total. The Labute approximate surface area is 161 Å². The molecule has 0 N–H and O–H groups in total. The predicted octanol–water partition coefficient (Wildman–Crippen LogP) is 3.78. The lowest BCUT2D eigenvalue weighted by Gasteiger charge is -2.17. The number of carbonyl (C=O) groups is 2. The molecule has 2 amide bonds. The number of nitrogens with zero attached hydrogens (tertiary/aromatic N) is 3. The third-order valence-electron chi connectivity index (χ3n) is 4.20. The summed E-state index contributed by atoms with van der Waals surface area (Å²) in [6, 6.07) is 13.6. The van der Waals surface area contributed by atoms with E-state index in [1.807, 2.05) is 42.5 Å². The number of hydrogen-bond donors (Lipinski definition) is 0. The van der Waals surface area contributed by atoms with Crippen molar-refractivity contribution in [3.63, 3.8) is 0 Å². The molecule has 1 aliphatic rings. The minimum atomic E-state index is -0.114. The summed E-state index contributed by atoms with van der Waals surface area (Å²) in [5, 5.41) is 5.89. The quantitative estimate of drug-likeness (QED) is 0.755. The average molecular weight is 390 g/mol. The Hall–Kier alpha value is -2.18. The number of hydrogen-bond acceptors (Lipinski definition) is 4. The van der Waals surface area contributed by atoms with Crippen molar-refractivity contribution >= 4 is 40.5 Å². The monoisotopic (exact) mass is 389 g/mol. The van der Waals surface area contributed by atoms with Gasteiger partial charge in [-0.2, -0.15) is 5.10 Å². The standard InChI is InChI=1S/C19H20ClN3O2S/c1-22(13-15-7-8-17(20)26-15)18(24)9-10-19(25)23-12-11-16(21-23)14-5-3-2-4-6-14/h2-8H,9-13H2,1H3. The van der Waals surface area contributed by atoms with Crippen LogP contribution in [0.15, 0.2) is 47.6 Å². The third-order valence-corrected chi connectivity index (χ3v) is 5.41. The van der Waals surface area contributed by atoms with Crippen LogP contribution < -0.4 is 0 Å². The van der Waals surface area contributed by atoms with Gasteiger partial charge in [0.15, 0.2) is 0 Å². The van der Waals surface area contributed by atoms with Crippen molar-refractivity contribution < 1.29 is 9.59 Å². The van der Waals surface area contributed by atoms with Gasteiger partial charge in [-0.25, -0.2) is 5.01 Å². The van der Waals surface area contributed by atoms with E-state index in [-0.39, 0.29) is 24.7 Å². The minimum absolute atomic E-state index is 0.0608. The fraction of sp³-hybridized carbons (Fsp3) is 0.316. The fourth-order valence-corrected chi connectivity index (χ4v) is 3.90. The van der Waals surface area contributed by atoms with E-state index in [4.69, 9.17) is 11.6 Å². The smallest absolute Gasteiger partial charge is 0.243 e. The predicted molar refractivity (Wildman–Crippen MR) is 104 cm³/mol. The van der Waals surface area contributed by atoms with Crippen LogP contribution in [0.25, 0.3) is 0 Å². The number of rotatable bonds is 6. The molecule has 1 aromatic carbocycles. The zero-order chi connectivity index (χ0) is 18.5. The van der Waals surface area contributed by atoms with Gasteiger partial charge in [-0.3, -0.25) is 9.59 Å². The van der Waals surface area contributed by atoms with Crippen molar-refractivity contribution in [3.05, 3.63) is 57.2 Å². The highest BCUT2D eigenvalue weighted by Crippen LogP contribution is 2.22. The van der Waals surface area contributed by atoms with Crippen molar-refractivity contribution in [3.8, 4) is 0 Å². The molecule has 0 spiro atoms. The van der Waals surface area contributed by atoms with Crippen LogP contribution in [0, 0.1) is 0 Å². The van der Waals surface area contributed by atoms with Crippen molar-refractivity contribution in [2.75, 3.05) is 13.6 Å². The van der Waals surface area contributed by atoms with Gasteiger partial charge in [-0.05, 0) is 17.7 Å². The van der Waals surface area contributed by atoms with E-state index in [2.05, 4.69) is 5.10 Å². The van der Waals surface area contributed by atoms with Crippen molar-refractivity contribution in [2.45, 2.75) is 25.8 Å². The van der Waals surface area contributed by atoms with Gasteiger partial charge in [0.2, 0.25) is 11.8 Å². The molecule has 0 fully saturated rings. The Morgan fingerprint density at radius 1 is 1.19 bits per heavy atom. The highest BCUT2D eigenvalue weighted by molar-refractivity contribution is 7.16. The molecule has 0 aliphatic carbocycles. The molecule has 3 rings (SSSR count). The van der Waals surface area contributed by atoms with Gasteiger partial charge < -0.3 is 4.90 Å². The molecule has 2 aromatic rings. The van der Waals surface area contributed by atoms with E-state index in [9.17, 15) is 9.59 Å². The molecule has 0 atom stereocenters. The van der Waals surface area contributed by atoms with Crippen molar-refractivity contribution in [1.82, 2.24) is 9.91 Å². The van der Waals surface area contributed by atoms with E-state index in [0.29, 0.717) is 17.4 Å². The van der Waals surface area contributed by atoms with Crippen LogP contribution in [0.4, 0.5) is 0 Å². The Bertz CT molecular complexity index is 819. The van der Waals surface area contributed by atoms with Crippen molar-refractivity contribution in [1.29, 1.82) is 0 Å². The molecule has 1 aliphatic heterocycles. The van der Waals surface area contributed by atoms with E-state index >= 15 is 0 Å². The molecule has 0 bridgehead atoms. The maximum absolute atomic E-state index is 12.3. The molecular weight excluding hydrogens is 370 g/mol. The van der Waals surface area contributed by atoms with E-state index in [0.717, 1.165) is 22.6 Å². The van der Waals surface area contributed by atoms with E-state index in [1.165, 1.54) is 16.3 Å². The first kappa shape index (κ1) is 18.6. The number of benzene rings is 1. The zero-order valence-corrected chi connectivity index (χ0v) is 16.1. The fourth-order valence-electron chi connectivity index (χ4n) is 2.76. The number of hydrazone groups is 1. The number of carbonyl (C=O) groups excluding carboxylic acids is 2. The van der Waals surface area contributed by atoms with Gasteiger partial charge in [-0.1, -0.05) is 41.9 Å². The van der Waals surface area contributed by atoms with Crippen LogP contribution in [0.5, 0.6) is 0 Å². The van der Waals surface area contributed by atoms with Gasteiger partial charge in [0, 0.05) is 31.2 Å². The summed E-state index contributed by atoms with van der Waals surface area (Å²) in [5.41, 5.74) is 1.95. The first-order valence-corrected chi connectivity index (χ1v) is 9.64. The maximum atomic E-state index is 12.3.